The van der Waals surface area contributed by atoms with E-state index in [1.165, 1.54) is 0 Å². The summed E-state index contributed by atoms with van der Waals surface area (Å²) in [5.41, 5.74) is 0. The molecule has 0 atom stereocenters. The minimum absolute atomic E-state index is 0.196. The lowest BCUT2D eigenvalue weighted by atomic mass is 10.0. The summed E-state index contributed by atoms with van der Waals surface area (Å²) in [6.07, 6.45) is 2.48. The smallest absolute Gasteiger partial charge is 0.202 e. The molecule has 1 aliphatic rings. The number of fused-ring (bicyclic) bond motifs is 2. The maximum Gasteiger partial charge on any atom is 0.270 e. The second-order valence-corrected chi connectivity index (χ2v) is 4.14. The third kappa shape index (κ3) is 1.51. The molecule has 0 aliphatic heterocycles. The number of rotatable bonds is 0. The normalized spacial score (nSPS) is 17.4. The van der Waals surface area contributed by atoms with E-state index in [0.29, 0.717) is 5.22 Å². The fourth-order valence-electron chi connectivity index (χ4n) is 2.11. The standard InChI is InChI=1S/C14H10F2/c15-14(16)6-5-12-7-10-3-1-2-4-11(10)8-13(12)9-14/h1-5,7-9H,6H2. The molecule has 0 heterocycles. The van der Waals surface area contributed by atoms with Crippen molar-refractivity contribution >= 4 is 22.9 Å². The zero-order chi connectivity index (χ0) is 11.2. The molecule has 2 aromatic rings. The molecule has 16 heavy (non-hydrogen) atoms. The highest BCUT2D eigenvalue weighted by Crippen LogP contribution is 2.22. The molecule has 0 saturated carbocycles. The number of hydrogen-bond donors (Lipinski definition) is 0. The van der Waals surface area contributed by atoms with Crippen molar-refractivity contribution in [2.24, 2.45) is 0 Å². The van der Waals surface area contributed by atoms with E-state index in [-0.39, 0.29) is 6.42 Å². The van der Waals surface area contributed by atoms with Gasteiger partial charge in [0.05, 0.1) is 0 Å². The summed E-state index contributed by atoms with van der Waals surface area (Å²) in [4.78, 5) is 0. The fourth-order valence-corrected chi connectivity index (χ4v) is 2.11. The van der Waals surface area contributed by atoms with Crippen LogP contribution >= 0.6 is 0 Å². The van der Waals surface area contributed by atoms with Gasteiger partial charge in [0.15, 0.2) is 0 Å². The maximum atomic E-state index is 13.2. The van der Waals surface area contributed by atoms with E-state index in [1.807, 2.05) is 36.4 Å². The molecule has 3 rings (SSSR count). The van der Waals surface area contributed by atoms with Crippen LogP contribution in [0.25, 0.3) is 22.9 Å². The van der Waals surface area contributed by atoms with E-state index >= 15 is 0 Å². The van der Waals surface area contributed by atoms with Crippen molar-refractivity contribution in [3.8, 4) is 0 Å². The first-order valence-corrected chi connectivity index (χ1v) is 5.24. The molecular formula is C14H10F2. The monoisotopic (exact) mass is 216 g/mol. The first-order valence-electron chi connectivity index (χ1n) is 5.24. The Morgan fingerprint density at radius 3 is 2.25 bits per heavy atom. The third-order valence-corrected chi connectivity index (χ3v) is 2.91. The van der Waals surface area contributed by atoms with Crippen LogP contribution in [0, 0.1) is 0 Å². The number of alkyl halides is 2. The molecule has 0 aromatic heterocycles. The fraction of sp³-hybridized carbons (Fsp3) is 0.143. The number of hydrogen-bond acceptors (Lipinski definition) is 0. The highest BCUT2D eigenvalue weighted by Gasteiger charge is 2.25. The van der Waals surface area contributed by atoms with Crippen LogP contribution in [0.3, 0.4) is 0 Å². The number of benzene rings is 2. The minimum Gasteiger partial charge on any atom is -0.202 e. The third-order valence-electron chi connectivity index (χ3n) is 2.91. The second kappa shape index (κ2) is 3.14. The Balaban J connectivity index is 2.41. The number of halogens is 2. The molecule has 0 bridgehead atoms. The second-order valence-electron chi connectivity index (χ2n) is 4.14. The van der Waals surface area contributed by atoms with Gasteiger partial charge in [-0.25, -0.2) is 8.78 Å². The van der Waals surface area contributed by atoms with E-state index < -0.39 is 5.92 Å². The summed E-state index contributed by atoms with van der Waals surface area (Å²) in [5.74, 6) is -2.70. The van der Waals surface area contributed by atoms with Gasteiger partial charge in [0.25, 0.3) is 5.92 Å². The Hall–Kier alpha value is -1.70. The molecule has 0 N–H and O–H groups in total. The van der Waals surface area contributed by atoms with Gasteiger partial charge in [-0.15, -0.1) is 0 Å². The van der Waals surface area contributed by atoms with Gasteiger partial charge in [0.1, 0.15) is 0 Å². The van der Waals surface area contributed by atoms with E-state index in [2.05, 4.69) is 0 Å². The summed E-state index contributed by atoms with van der Waals surface area (Å²) in [5, 5.41) is 3.64. The van der Waals surface area contributed by atoms with Gasteiger partial charge < -0.3 is 0 Å². The lowest BCUT2D eigenvalue weighted by Gasteiger charge is -2.13. The van der Waals surface area contributed by atoms with E-state index in [9.17, 15) is 8.78 Å². The lowest BCUT2D eigenvalue weighted by Crippen LogP contribution is -2.33. The van der Waals surface area contributed by atoms with Gasteiger partial charge in [-0.2, -0.15) is 0 Å². The van der Waals surface area contributed by atoms with Crippen LogP contribution in [0.4, 0.5) is 8.78 Å². The van der Waals surface area contributed by atoms with E-state index in [1.54, 1.807) is 6.08 Å². The van der Waals surface area contributed by atoms with Crippen LogP contribution in [0.5, 0.6) is 0 Å². The van der Waals surface area contributed by atoms with Gasteiger partial charge in [-0.1, -0.05) is 30.3 Å². The quantitative estimate of drug-likeness (QED) is 0.634. The zero-order valence-electron chi connectivity index (χ0n) is 8.58. The lowest BCUT2D eigenvalue weighted by molar-refractivity contribution is 0.0797. The molecule has 0 nitrogen and oxygen atoms in total. The molecule has 0 unspecified atom stereocenters. The van der Waals surface area contributed by atoms with Gasteiger partial charge in [-0.3, -0.25) is 0 Å². The average molecular weight is 216 g/mol. The first-order chi connectivity index (χ1) is 7.64. The highest BCUT2D eigenvalue weighted by molar-refractivity contribution is 5.83. The van der Waals surface area contributed by atoms with Gasteiger partial charge in [-0.05, 0) is 39.4 Å². The topological polar surface area (TPSA) is 0 Å². The van der Waals surface area contributed by atoms with Crippen LogP contribution in [0.1, 0.15) is 6.42 Å². The van der Waals surface area contributed by atoms with Crippen molar-refractivity contribution in [3.05, 3.63) is 46.8 Å². The van der Waals surface area contributed by atoms with E-state index in [4.69, 9.17) is 0 Å². The molecule has 0 amide bonds. The molecule has 0 spiro atoms. The van der Waals surface area contributed by atoms with Crippen LogP contribution < -0.4 is 10.4 Å². The summed E-state index contributed by atoms with van der Waals surface area (Å²) in [6, 6.07) is 11.6. The Morgan fingerprint density at radius 1 is 0.938 bits per heavy atom. The summed E-state index contributed by atoms with van der Waals surface area (Å²) < 4.78 is 26.4. The Labute approximate surface area is 91.5 Å². The van der Waals surface area contributed by atoms with Crippen molar-refractivity contribution < 1.29 is 8.78 Å². The van der Waals surface area contributed by atoms with Crippen LogP contribution in [-0.2, 0) is 0 Å². The minimum atomic E-state index is -2.70. The van der Waals surface area contributed by atoms with Crippen LogP contribution in [0.15, 0.2) is 36.4 Å². The molecule has 2 aromatic carbocycles. The van der Waals surface area contributed by atoms with Crippen molar-refractivity contribution in [1.82, 2.24) is 0 Å². The molecule has 0 saturated heterocycles. The van der Waals surface area contributed by atoms with Crippen LogP contribution in [0.2, 0.25) is 0 Å². The Kier molecular flexibility index (Phi) is 1.87. The SMILES string of the molecule is FC1(F)C=c2cc3ccccc3cc2=CC1. The molecule has 0 fully saturated rings. The van der Waals surface area contributed by atoms with Crippen molar-refractivity contribution in [3.63, 3.8) is 0 Å². The van der Waals surface area contributed by atoms with Crippen LogP contribution in [-0.4, -0.2) is 5.92 Å². The Bertz CT molecular complexity index is 669. The van der Waals surface area contributed by atoms with Gasteiger partial charge in [0, 0.05) is 6.42 Å². The van der Waals surface area contributed by atoms with Crippen molar-refractivity contribution in [2.75, 3.05) is 0 Å². The van der Waals surface area contributed by atoms with Gasteiger partial charge >= 0.3 is 0 Å². The predicted octanol–water partition coefficient (Wildman–Crippen LogP) is 2.44. The largest absolute Gasteiger partial charge is 0.270 e. The molecule has 80 valence electrons. The highest BCUT2D eigenvalue weighted by atomic mass is 19.3. The predicted molar refractivity (Wildman–Crippen MR) is 61.7 cm³/mol. The molecule has 2 heteroatoms. The Morgan fingerprint density at radius 2 is 1.56 bits per heavy atom. The maximum absolute atomic E-state index is 13.2. The first kappa shape index (κ1) is 9.52. The van der Waals surface area contributed by atoms with Crippen molar-refractivity contribution in [2.45, 2.75) is 12.3 Å². The molecule has 1 aliphatic carbocycles. The summed E-state index contributed by atoms with van der Waals surface area (Å²) in [6.45, 7) is 0. The van der Waals surface area contributed by atoms with Gasteiger partial charge in [0.2, 0.25) is 0 Å². The summed E-state index contributed by atoms with van der Waals surface area (Å²) >= 11 is 0. The summed E-state index contributed by atoms with van der Waals surface area (Å²) in [7, 11) is 0. The zero-order valence-corrected chi connectivity index (χ0v) is 8.58. The average Bonchev–Trinajstić information content (AvgIpc) is 2.25. The molecule has 0 radical (unpaired) electrons. The van der Waals surface area contributed by atoms with Crippen molar-refractivity contribution in [1.29, 1.82) is 0 Å². The van der Waals surface area contributed by atoms with E-state index in [0.717, 1.165) is 22.1 Å². The molecular weight excluding hydrogens is 206 g/mol.